The van der Waals surface area contributed by atoms with Gasteiger partial charge in [0.15, 0.2) is 0 Å². The predicted octanol–water partition coefficient (Wildman–Crippen LogP) is -4.04. The Morgan fingerprint density at radius 1 is 0.800 bits per heavy atom. The smallest absolute Gasteiger partial charge is 0.322 e. The number of carbonyl (C=O) groups excluding carboxylic acids is 4. The molecule has 0 spiro atoms. The molecule has 3 atom stereocenters. The highest BCUT2D eigenvalue weighted by Crippen LogP contribution is 2.04. The van der Waals surface area contributed by atoms with E-state index >= 15 is 0 Å². The Hall–Kier alpha value is -3.26. The highest BCUT2D eigenvalue weighted by Gasteiger charge is 2.29. The summed E-state index contributed by atoms with van der Waals surface area (Å²) in [4.78, 5) is 69.2. The lowest BCUT2D eigenvalue weighted by molar-refractivity contribution is -0.139. The van der Waals surface area contributed by atoms with Crippen molar-refractivity contribution in [1.29, 1.82) is 0 Å². The van der Waals surface area contributed by atoms with Crippen LogP contribution in [0, 0.1) is 0 Å². The molecule has 0 saturated carbocycles. The number of hydrogen-bond donors (Lipinski definition) is 8. The molecule has 14 nitrogen and oxygen atoms in total. The van der Waals surface area contributed by atoms with Gasteiger partial charge in [-0.15, -0.1) is 0 Å². The third-order valence-electron chi connectivity index (χ3n) is 3.76. The molecule has 11 N–H and O–H groups in total. The van der Waals surface area contributed by atoms with E-state index in [9.17, 15) is 28.8 Å². The van der Waals surface area contributed by atoms with E-state index in [4.69, 9.17) is 27.4 Å². The topological polar surface area (TPSA) is 257 Å². The van der Waals surface area contributed by atoms with Crippen LogP contribution in [-0.2, 0) is 28.8 Å². The van der Waals surface area contributed by atoms with Crippen molar-refractivity contribution in [2.75, 3.05) is 13.1 Å². The second-order valence-electron chi connectivity index (χ2n) is 6.39. The first-order valence-electron chi connectivity index (χ1n) is 9.03. The van der Waals surface area contributed by atoms with E-state index in [1.807, 2.05) is 5.32 Å². The fraction of sp³-hybridized carbons (Fsp3) is 0.625. The predicted molar refractivity (Wildman–Crippen MR) is 101 cm³/mol. The molecule has 0 aliphatic carbocycles. The maximum absolute atomic E-state index is 12.6. The van der Waals surface area contributed by atoms with E-state index in [1.54, 1.807) is 0 Å². The van der Waals surface area contributed by atoms with Crippen molar-refractivity contribution in [1.82, 2.24) is 16.0 Å². The van der Waals surface area contributed by atoms with Crippen LogP contribution in [0.15, 0.2) is 0 Å². The van der Waals surface area contributed by atoms with Crippen LogP contribution < -0.4 is 33.2 Å². The molecule has 0 aromatic rings. The highest BCUT2D eigenvalue weighted by molar-refractivity contribution is 5.96. The number of nitrogens with two attached hydrogens (primary N) is 3. The Kier molecular flexibility index (Phi) is 12.3. The van der Waals surface area contributed by atoms with Gasteiger partial charge < -0.3 is 43.4 Å². The minimum Gasteiger partial charge on any atom is -0.481 e. The number of nitrogens with one attached hydrogen (secondary N) is 3. The van der Waals surface area contributed by atoms with E-state index in [1.165, 1.54) is 0 Å². The van der Waals surface area contributed by atoms with Crippen molar-refractivity contribution in [3.63, 3.8) is 0 Å². The van der Waals surface area contributed by atoms with Crippen molar-refractivity contribution in [3.05, 3.63) is 0 Å². The summed E-state index contributed by atoms with van der Waals surface area (Å²) in [5.74, 6) is -6.30. The van der Waals surface area contributed by atoms with E-state index in [2.05, 4.69) is 10.6 Å². The largest absolute Gasteiger partial charge is 0.481 e. The van der Waals surface area contributed by atoms with Crippen molar-refractivity contribution in [3.8, 4) is 0 Å². The van der Waals surface area contributed by atoms with Crippen LogP contribution in [-0.4, -0.2) is 77.0 Å². The number of carbonyl (C=O) groups is 6. The van der Waals surface area contributed by atoms with Gasteiger partial charge in [-0.1, -0.05) is 0 Å². The van der Waals surface area contributed by atoms with Crippen LogP contribution in [0.1, 0.15) is 32.1 Å². The Bertz CT molecular complexity index is 656. The minimum absolute atomic E-state index is 0.0919. The molecule has 3 unspecified atom stereocenters. The quantitative estimate of drug-likeness (QED) is 0.116. The Labute approximate surface area is 171 Å². The van der Waals surface area contributed by atoms with Gasteiger partial charge >= 0.3 is 11.9 Å². The molecule has 0 aromatic carbocycles. The fourth-order valence-corrected chi connectivity index (χ4v) is 2.29. The van der Waals surface area contributed by atoms with Gasteiger partial charge in [0.2, 0.25) is 23.6 Å². The van der Waals surface area contributed by atoms with E-state index in [0.29, 0.717) is 19.4 Å². The molecular weight excluding hydrogens is 404 g/mol. The Morgan fingerprint density at radius 3 is 1.90 bits per heavy atom. The molecule has 0 radical (unpaired) electrons. The summed E-state index contributed by atoms with van der Waals surface area (Å²) < 4.78 is 0. The molecule has 0 aliphatic rings. The molecule has 170 valence electrons. The maximum Gasteiger partial charge on any atom is 0.322 e. The molecule has 0 aromatic heterocycles. The van der Waals surface area contributed by atoms with Crippen molar-refractivity contribution in [2.24, 2.45) is 17.2 Å². The van der Waals surface area contributed by atoms with Gasteiger partial charge in [0.05, 0.1) is 18.9 Å². The number of aliphatic carboxylic acids is 2. The van der Waals surface area contributed by atoms with Crippen LogP contribution >= 0.6 is 0 Å². The van der Waals surface area contributed by atoms with Gasteiger partial charge in [0.1, 0.15) is 18.6 Å². The molecule has 14 heteroatoms. The molecule has 0 heterocycles. The third-order valence-corrected chi connectivity index (χ3v) is 3.76. The van der Waals surface area contributed by atoms with E-state index < -0.39 is 73.1 Å². The maximum atomic E-state index is 12.6. The summed E-state index contributed by atoms with van der Waals surface area (Å²) in [6.45, 7) is -0.423. The fourth-order valence-electron chi connectivity index (χ4n) is 2.29. The standard InChI is InChI=1S/C16H28N6O8/c17-4-2-1-3-9(21-14(28)8(18)5-12(24)25)16(30)22-10(6-11(19)23)15(29)20-7-13(26)27/h8-10H,1-7,17-18H2,(H2,19,23)(H,20,29)(H,21,28)(H,22,30)(H,24,25)(H,26,27). The molecule has 0 rings (SSSR count). The second kappa shape index (κ2) is 13.8. The van der Waals surface area contributed by atoms with Gasteiger partial charge in [0, 0.05) is 0 Å². The Morgan fingerprint density at radius 2 is 1.40 bits per heavy atom. The van der Waals surface area contributed by atoms with Gasteiger partial charge in [-0.25, -0.2) is 0 Å². The van der Waals surface area contributed by atoms with Crippen LogP contribution in [0.4, 0.5) is 0 Å². The molecule has 0 aliphatic heterocycles. The summed E-state index contributed by atoms with van der Waals surface area (Å²) >= 11 is 0. The lowest BCUT2D eigenvalue weighted by Gasteiger charge is -2.23. The van der Waals surface area contributed by atoms with Crippen molar-refractivity contribution >= 4 is 35.6 Å². The monoisotopic (exact) mass is 432 g/mol. The number of primary amides is 1. The molecule has 4 amide bonds. The number of unbranched alkanes of at least 4 members (excludes halogenated alkanes) is 1. The molecule has 0 bridgehead atoms. The zero-order valence-electron chi connectivity index (χ0n) is 16.3. The first-order valence-corrected chi connectivity index (χ1v) is 9.03. The summed E-state index contributed by atoms with van der Waals surface area (Å²) in [7, 11) is 0. The number of amides is 4. The van der Waals surface area contributed by atoms with Crippen LogP contribution in [0.5, 0.6) is 0 Å². The minimum atomic E-state index is -1.48. The average Bonchev–Trinajstić information content (AvgIpc) is 2.63. The number of rotatable bonds is 15. The zero-order valence-corrected chi connectivity index (χ0v) is 16.3. The molecule has 0 fully saturated rings. The van der Waals surface area contributed by atoms with Crippen LogP contribution in [0.25, 0.3) is 0 Å². The van der Waals surface area contributed by atoms with Crippen LogP contribution in [0.2, 0.25) is 0 Å². The second-order valence-corrected chi connectivity index (χ2v) is 6.39. The Balaban J connectivity index is 5.27. The normalized spacial score (nSPS) is 13.4. The summed E-state index contributed by atoms with van der Waals surface area (Å²) in [6, 6.07) is -4.09. The summed E-state index contributed by atoms with van der Waals surface area (Å²) in [5.41, 5.74) is 15.9. The third kappa shape index (κ3) is 11.6. The molecule has 0 saturated heterocycles. The molecular formula is C16H28N6O8. The summed E-state index contributed by atoms with van der Waals surface area (Å²) in [6.07, 6.45) is -0.252. The first-order chi connectivity index (χ1) is 14.0. The first kappa shape index (κ1) is 26.7. The van der Waals surface area contributed by atoms with Gasteiger partial charge in [-0.2, -0.15) is 0 Å². The van der Waals surface area contributed by atoms with Crippen molar-refractivity contribution < 1.29 is 39.0 Å². The summed E-state index contributed by atoms with van der Waals surface area (Å²) in [5, 5.41) is 23.9. The van der Waals surface area contributed by atoms with Gasteiger partial charge in [-0.3, -0.25) is 28.8 Å². The van der Waals surface area contributed by atoms with Crippen LogP contribution in [0.3, 0.4) is 0 Å². The average molecular weight is 432 g/mol. The van der Waals surface area contributed by atoms with Gasteiger partial charge in [-0.05, 0) is 25.8 Å². The number of carboxylic acids is 2. The SMILES string of the molecule is NCCCCC(NC(=O)C(N)CC(=O)O)C(=O)NC(CC(N)=O)C(=O)NCC(=O)O. The number of hydrogen-bond acceptors (Lipinski definition) is 8. The van der Waals surface area contributed by atoms with Crippen molar-refractivity contribution in [2.45, 2.75) is 50.2 Å². The lowest BCUT2D eigenvalue weighted by atomic mass is 10.1. The van der Waals surface area contributed by atoms with E-state index in [0.717, 1.165) is 0 Å². The zero-order chi connectivity index (χ0) is 23.3. The number of carboxylic acid groups (broad SMARTS) is 2. The van der Waals surface area contributed by atoms with E-state index in [-0.39, 0.29) is 6.42 Å². The van der Waals surface area contributed by atoms with Gasteiger partial charge in [0.25, 0.3) is 0 Å². The molecule has 30 heavy (non-hydrogen) atoms. The highest BCUT2D eigenvalue weighted by atomic mass is 16.4. The lowest BCUT2D eigenvalue weighted by Crippen LogP contribution is -2.56.